The van der Waals surface area contributed by atoms with Crippen LogP contribution in [-0.2, 0) is 99.7 Å². The van der Waals surface area contributed by atoms with Crippen LogP contribution in [-0.4, -0.2) is 381 Å². The normalized spacial score (nSPS) is 53.9. The lowest BCUT2D eigenvalue weighted by molar-refractivity contribution is -0.391. The van der Waals surface area contributed by atoms with Gasteiger partial charge in [0.1, 0.15) is 147 Å². The Morgan fingerprint density at radius 3 is 1.58 bits per heavy atom. The Kier molecular flexibility index (Phi) is 27.1. The number of carbonyl (C=O) groups excluding carboxylic acids is 3. The number of carboxylic acid groups (broad SMARTS) is 1. The van der Waals surface area contributed by atoms with E-state index in [9.17, 15) is 111 Å². The number of carbonyl (C=O) groups is 4. The van der Waals surface area contributed by atoms with Crippen molar-refractivity contribution >= 4 is 24.2 Å². The van der Waals surface area contributed by atoms with Crippen LogP contribution < -0.4 is 0 Å². The van der Waals surface area contributed by atoms with Gasteiger partial charge in [0.05, 0.1) is 61.7 Å². The second-order valence-corrected chi connectivity index (χ2v) is 36.4. The van der Waals surface area contributed by atoms with Crippen molar-refractivity contribution < 1.29 is 197 Å². The van der Waals surface area contributed by atoms with Crippen LogP contribution in [0.25, 0.3) is 0 Å². The summed E-state index contributed by atoms with van der Waals surface area (Å²) in [5, 5.41) is 210. The summed E-state index contributed by atoms with van der Waals surface area (Å²) >= 11 is 0. The number of fused-ring (bicyclic) bond motifs is 7. The molecule has 4 saturated carbocycles. The molecule has 12 fully saturated rings. The molecule has 13 rings (SSSR count). The highest BCUT2D eigenvalue weighted by Gasteiger charge is 2.72. The van der Waals surface area contributed by atoms with Crippen LogP contribution in [0.4, 0.5) is 0 Å². The first kappa shape index (κ1) is 91.2. The lowest BCUT2D eigenvalue weighted by Gasteiger charge is -2.71. The first-order chi connectivity index (χ1) is 54.9. The summed E-state index contributed by atoms with van der Waals surface area (Å²) in [5.41, 5.74) is -3.89. The van der Waals surface area contributed by atoms with E-state index in [1.165, 1.54) is 20.8 Å². The molecule has 0 amide bonds. The zero-order valence-corrected chi connectivity index (χ0v) is 66.8. The summed E-state index contributed by atoms with van der Waals surface area (Å²) in [6.07, 6.45) is -60.2. The zero-order chi connectivity index (χ0) is 85.3. The van der Waals surface area contributed by atoms with E-state index in [1.54, 1.807) is 6.92 Å². The maximum atomic E-state index is 16.2. The summed E-state index contributed by atoms with van der Waals surface area (Å²) in [6.45, 7) is 15.4. The van der Waals surface area contributed by atoms with Gasteiger partial charge in [0, 0.05) is 6.92 Å². The van der Waals surface area contributed by atoms with Crippen molar-refractivity contribution in [1.82, 2.24) is 0 Å². The molecule has 40 heteroatoms. The second kappa shape index (κ2) is 34.8. The smallest absolute Gasteiger partial charge is 0.335 e. The van der Waals surface area contributed by atoms with Crippen molar-refractivity contribution in [1.29, 1.82) is 0 Å². The Morgan fingerprint density at radius 2 is 0.966 bits per heavy atom. The van der Waals surface area contributed by atoms with E-state index in [-0.39, 0.29) is 24.2 Å². The molecule has 0 aromatic carbocycles. The van der Waals surface area contributed by atoms with Crippen molar-refractivity contribution in [2.75, 3.05) is 26.4 Å². The van der Waals surface area contributed by atoms with Crippen LogP contribution in [0, 0.1) is 50.2 Å². The largest absolute Gasteiger partial charge is 0.479 e. The van der Waals surface area contributed by atoms with Crippen LogP contribution in [0.1, 0.15) is 133 Å². The van der Waals surface area contributed by atoms with Crippen molar-refractivity contribution in [2.24, 2.45) is 50.2 Å². The minimum Gasteiger partial charge on any atom is -0.479 e. The third-order valence-electron chi connectivity index (χ3n) is 28.8. The molecule has 668 valence electrons. The fourth-order valence-electron chi connectivity index (χ4n) is 21.7. The molecule has 0 aromatic rings. The quantitative estimate of drug-likeness (QED) is 0.0234. The number of rotatable bonds is 20. The first-order valence-electron chi connectivity index (χ1n) is 40.6. The maximum Gasteiger partial charge on any atom is 0.335 e. The molecule has 0 spiro atoms. The number of aliphatic carboxylic acids is 1. The first-order valence-corrected chi connectivity index (χ1v) is 40.6. The number of allylic oxidation sites excluding steroid dienone is 2. The molecule has 13 aliphatic rings. The summed E-state index contributed by atoms with van der Waals surface area (Å²) < 4.78 is 102. The molecule has 1 unspecified atom stereocenters. The average Bonchev–Trinajstić information content (AvgIpc) is 0.672. The van der Waals surface area contributed by atoms with Crippen molar-refractivity contribution in [3.63, 3.8) is 0 Å². The van der Waals surface area contributed by atoms with Gasteiger partial charge in [0.15, 0.2) is 62.3 Å². The predicted molar refractivity (Wildman–Crippen MR) is 382 cm³/mol. The molecular weight excluding hydrogens is 1560 g/mol. The second-order valence-electron chi connectivity index (χ2n) is 36.4. The number of esters is 2. The van der Waals surface area contributed by atoms with Gasteiger partial charge < -0.3 is 182 Å². The van der Waals surface area contributed by atoms with Crippen molar-refractivity contribution in [3.8, 4) is 0 Å². The molecule has 8 saturated heterocycles. The fraction of sp³-hybridized carbons (Fsp3) is 0.922. The highest BCUT2D eigenvalue weighted by Crippen LogP contribution is 2.76. The Balaban J connectivity index is 0.763. The Labute approximate surface area is 673 Å². The van der Waals surface area contributed by atoms with Gasteiger partial charge >= 0.3 is 17.9 Å². The summed E-state index contributed by atoms with van der Waals surface area (Å²) in [5.74, 6) is -4.44. The molecule has 19 N–H and O–H groups in total. The molecule has 5 aliphatic carbocycles. The fourth-order valence-corrected chi connectivity index (χ4v) is 21.7. The SMILES string of the molecule is CC(=O)O[C@@H]1[C@@H](O)[C@H](O[C@@H]2[C@H](O)[C@@H](O[C@@H]3O[C@@H](C)[C@H](O[C@@H]4OC[C@@H](O)[C@H](O[C@@H]5OC[C@@H](O)[C@H](O)[C@H]5O)[C@H]4O)[C@@H](O)[C@H]3O)[C@H](OC(=O)[C@]34CCC(C)(C)C[C@H]3C3=CCC5[C@@]6(C)CC[C@H](O[C@@H]7O[C@H](C(=O)O)[C@@H](O)[C@H](O[C@@H]8OC[C@@H](O)[C@H](O)[C@H]8O)[C@H]7O[C@@H]7O[C@H](CO)[C@H](O)[C@H](O)[C@H]7O)[C@@](C)(C=O)[C@@H]6CC[C@@]5(C)[C@]3(C)CC4)O[C@@H]2C)O[C@H](C)[C@H]1O. The van der Waals surface area contributed by atoms with Gasteiger partial charge in [-0.25, -0.2) is 4.79 Å². The van der Waals surface area contributed by atoms with Gasteiger partial charge in [0.2, 0.25) is 6.29 Å². The predicted octanol–water partition coefficient (Wildman–Crippen LogP) is -5.90. The number of hydrogen-bond donors (Lipinski definition) is 19. The van der Waals surface area contributed by atoms with E-state index < -0.39 is 317 Å². The highest BCUT2D eigenvalue weighted by atomic mass is 16.8. The number of aliphatic hydroxyl groups excluding tert-OH is 18. The van der Waals surface area contributed by atoms with E-state index >= 15 is 4.79 Å². The Hall–Kier alpha value is -3.50. The molecule has 40 nitrogen and oxygen atoms in total. The van der Waals surface area contributed by atoms with E-state index in [2.05, 4.69) is 40.7 Å². The Bertz CT molecular complexity index is 3490. The van der Waals surface area contributed by atoms with Crippen LogP contribution in [0.5, 0.6) is 0 Å². The van der Waals surface area contributed by atoms with E-state index in [1.807, 2.05) is 0 Å². The molecule has 117 heavy (non-hydrogen) atoms. The van der Waals surface area contributed by atoms with Gasteiger partial charge in [-0.05, 0) is 124 Å². The minimum atomic E-state index is -2.23. The topological polar surface area (TPSA) is 610 Å². The summed E-state index contributed by atoms with van der Waals surface area (Å²) in [4.78, 5) is 55.8. The third-order valence-corrected chi connectivity index (χ3v) is 28.8. The van der Waals surface area contributed by atoms with Crippen LogP contribution in [0.2, 0.25) is 0 Å². The molecule has 8 aliphatic heterocycles. The van der Waals surface area contributed by atoms with Gasteiger partial charge in [-0.2, -0.15) is 0 Å². The standard InChI is InChI=1S/C77H120O40/c1-27-40(84)57(107-30(4)80)53(97)68(104-27)111-55-29(3)106-69(60(50(55)94)115-66-49(93)45(89)54(28(2)105-66)110-65-52(96)56(35(83)25-103-65)112-63-46(90)41(85)33(81)23-101-63)117-71(100)77-19-17-72(5,6)21-32(77)31-11-12-38-73(7)15-14-39(74(8,26-79)37(73)13-16-76(38,10)75(31,9)18-20-77)109-70-61(116-67-48(92)44(88)43(87)36(22-78)108-67)58(51(95)59(114-70)62(98)99)113-64-47(91)42(86)34(82)24-102-64/h11,26-29,32-61,63-70,78,81-97H,12-25H2,1-10H3,(H,98,99)/t27-,28+,29-,32+,33-,34-,35-,36-,37-,38?,39+,40-,41+,42+,43+,44+,45+,46-,47-,48-,49-,50+,51+,52-,53-,54+,55+,56+,57+,58+,59+,60-,61-,63+,64+,65+,66+,67+,68+,69+,70-,73+,74+,75-,76-,77+/m1/s1. The van der Waals surface area contributed by atoms with Crippen LogP contribution >= 0.6 is 0 Å². The van der Waals surface area contributed by atoms with Gasteiger partial charge in [-0.15, -0.1) is 0 Å². The monoisotopic (exact) mass is 1680 g/mol. The minimum absolute atomic E-state index is 0.114. The van der Waals surface area contributed by atoms with Gasteiger partial charge in [0.25, 0.3) is 0 Å². The summed E-state index contributed by atoms with van der Waals surface area (Å²) in [6, 6.07) is 0. The number of hydrogen-bond acceptors (Lipinski definition) is 39. The average molecular weight is 1690 g/mol. The molecule has 0 radical (unpaired) electrons. The maximum absolute atomic E-state index is 16.2. The third kappa shape index (κ3) is 16.4. The van der Waals surface area contributed by atoms with Gasteiger partial charge in [-0.3, -0.25) is 9.59 Å². The lowest BCUT2D eigenvalue weighted by Crippen LogP contribution is -2.69. The number of aldehydes is 1. The Morgan fingerprint density at radius 1 is 0.453 bits per heavy atom. The van der Waals surface area contributed by atoms with Gasteiger partial charge in [-0.1, -0.05) is 53.2 Å². The van der Waals surface area contributed by atoms with Crippen LogP contribution in [0.15, 0.2) is 11.6 Å². The molecule has 0 bridgehead atoms. The van der Waals surface area contributed by atoms with E-state index in [0.29, 0.717) is 51.4 Å². The number of aliphatic hydroxyl groups is 18. The van der Waals surface area contributed by atoms with Crippen molar-refractivity contribution in [3.05, 3.63) is 11.6 Å². The molecule has 8 heterocycles. The zero-order valence-electron chi connectivity index (χ0n) is 66.8. The van der Waals surface area contributed by atoms with E-state index in [4.69, 9.17) is 80.5 Å². The molecular formula is C77H120O40. The van der Waals surface area contributed by atoms with Crippen LogP contribution in [0.3, 0.4) is 0 Å². The number of ether oxygens (including phenoxy) is 17. The molecule has 0 aromatic heterocycles. The number of carboxylic acids is 1. The van der Waals surface area contributed by atoms with Crippen molar-refractivity contribution in [2.45, 2.75) is 367 Å². The van der Waals surface area contributed by atoms with E-state index in [0.717, 1.165) is 18.8 Å². The highest BCUT2D eigenvalue weighted by molar-refractivity contribution is 5.79. The molecule has 46 atom stereocenters. The lowest BCUT2D eigenvalue weighted by atomic mass is 9.33. The summed E-state index contributed by atoms with van der Waals surface area (Å²) in [7, 11) is 0.